The molecule has 0 spiro atoms. The number of hydrogen-bond donors (Lipinski definition) is 11. The Kier molecular flexibility index (Phi) is 17.0. The number of aliphatic imine (C=N–C) groups is 1. The molecular formula is C50H70N14O10. The number of aromatic nitrogens is 3. The number of amides is 8. The van der Waals surface area contributed by atoms with E-state index in [-0.39, 0.29) is 93.9 Å². The van der Waals surface area contributed by atoms with Gasteiger partial charge >= 0.3 is 5.97 Å². The molecule has 24 heteroatoms. The number of carbonyl (C=O) groups excluding carboxylic acids is 8. The van der Waals surface area contributed by atoms with Crippen molar-refractivity contribution in [2.45, 2.75) is 154 Å². The van der Waals surface area contributed by atoms with E-state index in [9.17, 15) is 43.5 Å². The van der Waals surface area contributed by atoms with E-state index in [0.29, 0.717) is 34.3 Å². The van der Waals surface area contributed by atoms with E-state index in [1.165, 1.54) is 11.2 Å². The van der Waals surface area contributed by atoms with Crippen molar-refractivity contribution >= 4 is 70.1 Å². The van der Waals surface area contributed by atoms with E-state index in [0.717, 1.165) is 0 Å². The Labute approximate surface area is 428 Å². The zero-order chi connectivity index (χ0) is 53.7. The molecule has 13 N–H and O–H groups in total. The molecule has 3 aromatic rings. The van der Waals surface area contributed by atoms with Crippen LogP contribution in [-0.4, -0.2) is 145 Å². The summed E-state index contributed by atoms with van der Waals surface area (Å²) in [6, 6.07) is -4.35. The van der Waals surface area contributed by atoms with Crippen LogP contribution in [0.1, 0.15) is 109 Å². The molecule has 9 atom stereocenters. The number of nitrogens with one attached hydrogen (secondary N) is 8. The van der Waals surface area contributed by atoms with Gasteiger partial charge in [0.15, 0.2) is 5.96 Å². The summed E-state index contributed by atoms with van der Waals surface area (Å²) >= 11 is 0. The topological polar surface area (TPSA) is 359 Å². The Hall–Kier alpha value is -7.53. The molecule has 2 aromatic heterocycles. The van der Waals surface area contributed by atoms with Crippen LogP contribution in [0.2, 0.25) is 0 Å². The van der Waals surface area contributed by atoms with Crippen LogP contribution in [0.25, 0.3) is 16.7 Å². The van der Waals surface area contributed by atoms with Gasteiger partial charge in [-0.3, -0.25) is 47.9 Å². The number of carboxylic acid groups (broad SMARTS) is 1. The lowest BCUT2D eigenvalue weighted by Gasteiger charge is -2.33. The summed E-state index contributed by atoms with van der Waals surface area (Å²) in [7, 11) is 0. The van der Waals surface area contributed by atoms with Crippen molar-refractivity contribution in [1.82, 2.24) is 56.7 Å². The summed E-state index contributed by atoms with van der Waals surface area (Å²) in [6.07, 6.45) is 3.94. The molecule has 74 heavy (non-hydrogen) atoms. The predicted molar refractivity (Wildman–Crippen MR) is 270 cm³/mol. The second-order valence-electron chi connectivity index (χ2n) is 20.9. The minimum absolute atomic E-state index is 0.00936. The second-order valence-corrected chi connectivity index (χ2v) is 20.9. The summed E-state index contributed by atoms with van der Waals surface area (Å²) in [6.45, 7) is 11.2. The Bertz CT molecular complexity index is 2690. The first-order valence-corrected chi connectivity index (χ1v) is 25.5. The third-order valence-corrected chi connectivity index (χ3v) is 14.2. The lowest BCUT2D eigenvalue weighted by molar-refractivity contribution is -0.143. The SMILES string of the molecule is CC(C)CC1NC(=O)C(NC(=O)C2CCC(=O)N2)C(C(C)C)c2ccc3c4c([nH]c3c2)-n2cnc(c2)CC(C(=O)O)NC(=O)C(CCCN=C(N)N)NC(=O)C2CCCN2C(=O)C(C4)NC(=O)C(C(C)C)NC1=O. The van der Waals surface area contributed by atoms with Crippen LogP contribution >= 0.6 is 0 Å². The summed E-state index contributed by atoms with van der Waals surface area (Å²) < 4.78 is 1.61. The maximum atomic E-state index is 15.3. The number of guanidine groups is 1. The highest BCUT2D eigenvalue weighted by Gasteiger charge is 2.43. The van der Waals surface area contributed by atoms with Crippen LogP contribution in [-0.2, 0) is 56.0 Å². The monoisotopic (exact) mass is 1030 g/mol. The fourth-order valence-corrected chi connectivity index (χ4v) is 10.5. The largest absolute Gasteiger partial charge is 0.480 e. The number of rotatable bonds is 11. The highest BCUT2D eigenvalue weighted by Crippen LogP contribution is 2.35. The Morgan fingerprint density at radius 1 is 0.838 bits per heavy atom. The summed E-state index contributed by atoms with van der Waals surface area (Å²) in [4.78, 5) is 140. The maximum Gasteiger partial charge on any atom is 0.326 e. The molecule has 400 valence electrons. The molecule has 7 heterocycles. The number of hydrogen-bond acceptors (Lipinski definition) is 11. The molecule has 7 bridgehead atoms. The van der Waals surface area contributed by atoms with Gasteiger partial charge in [0.2, 0.25) is 47.3 Å². The first kappa shape index (κ1) is 54.2. The summed E-state index contributed by atoms with van der Waals surface area (Å²) in [5, 5.41) is 30.6. The first-order chi connectivity index (χ1) is 35.1. The molecule has 0 aliphatic carbocycles. The minimum Gasteiger partial charge on any atom is -0.480 e. The van der Waals surface area contributed by atoms with E-state index in [4.69, 9.17) is 11.5 Å². The van der Waals surface area contributed by atoms with E-state index < -0.39 is 107 Å². The second kappa shape index (κ2) is 23.1. The van der Waals surface area contributed by atoms with Gasteiger partial charge in [-0.15, -0.1) is 0 Å². The molecule has 5 aliphatic heterocycles. The molecule has 8 amide bonds. The van der Waals surface area contributed by atoms with Crippen LogP contribution in [0, 0.1) is 17.8 Å². The van der Waals surface area contributed by atoms with Gasteiger partial charge < -0.3 is 63.7 Å². The van der Waals surface area contributed by atoms with E-state index >= 15 is 4.79 Å². The molecular weight excluding hydrogens is 957 g/mol. The zero-order valence-corrected chi connectivity index (χ0v) is 42.7. The van der Waals surface area contributed by atoms with Crippen molar-refractivity contribution in [2.75, 3.05) is 13.1 Å². The number of benzene rings is 1. The number of aliphatic carboxylic acids is 1. The number of carboxylic acids is 1. The number of fused-ring (bicyclic) bond motifs is 14. The van der Waals surface area contributed by atoms with Gasteiger partial charge in [0, 0.05) is 60.9 Å². The van der Waals surface area contributed by atoms with Crippen molar-refractivity contribution in [3.05, 3.63) is 47.5 Å². The van der Waals surface area contributed by atoms with Gasteiger partial charge in [0.25, 0.3) is 0 Å². The number of nitrogens with two attached hydrogens (primary N) is 2. The van der Waals surface area contributed by atoms with E-state index in [1.54, 1.807) is 24.6 Å². The average Bonchev–Trinajstić information content (AvgIpc) is 4.17. The van der Waals surface area contributed by atoms with Gasteiger partial charge in [-0.25, -0.2) is 9.78 Å². The van der Waals surface area contributed by atoms with Crippen LogP contribution in [0.5, 0.6) is 0 Å². The average molecular weight is 1030 g/mol. The molecule has 8 rings (SSSR count). The number of imidazole rings is 1. The Balaban J connectivity index is 1.41. The maximum absolute atomic E-state index is 15.3. The predicted octanol–water partition coefficient (Wildman–Crippen LogP) is -0.776. The number of H-pyrrole nitrogens is 1. The summed E-state index contributed by atoms with van der Waals surface area (Å²) in [5.41, 5.74) is 12.9. The highest BCUT2D eigenvalue weighted by atomic mass is 16.4. The minimum atomic E-state index is -1.49. The molecule has 2 saturated heterocycles. The van der Waals surface area contributed by atoms with Crippen molar-refractivity contribution in [3.8, 4) is 5.82 Å². The van der Waals surface area contributed by atoms with Crippen molar-refractivity contribution in [2.24, 2.45) is 34.2 Å². The lowest BCUT2D eigenvalue weighted by atomic mass is 9.81. The Morgan fingerprint density at radius 2 is 1.57 bits per heavy atom. The number of aromatic amines is 1. The van der Waals surface area contributed by atoms with Gasteiger partial charge in [-0.2, -0.15) is 0 Å². The van der Waals surface area contributed by atoms with Crippen LogP contribution in [0.3, 0.4) is 0 Å². The van der Waals surface area contributed by atoms with Crippen LogP contribution in [0.4, 0.5) is 0 Å². The molecule has 1 aromatic carbocycles. The molecule has 2 fully saturated rings. The Morgan fingerprint density at radius 3 is 2.23 bits per heavy atom. The molecule has 24 nitrogen and oxygen atoms in total. The number of carbonyl (C=O) groups is 9. The third kappa shape index (κ3) is 12.4. The molecule has 0 radical (unpaired) electrons. The highest BCUT2D eigenvalue weighted by molar-refractivity contribution is 6.00. The van der Waals surface area contributed by atoms with E-state index in [1.807, 2.05) is 45.9 Å². The molecule has 5 aliphatic rings. The fourth-order valence-electron chi connectivity index (χ4n) is 10.5. The van der Waals surface area contributed by atoms with Gasteiger partial charge in [0.05, 0.1) is 5.69 Å². The van der Waals surface area contributed by atoms with Crippen molar-refractivity contribution in [3.63, 3.8) is 0 Å². The van der Waals surface area contributed by atoms with Gasteiger partial charge in [-0.1, -0.05) is 53.7 Å². The van der Waals surface area contributed by atoms with Crippen LogP contribution in [0.15, 0.2) is 35.7 Å². The normalized spacial score (nSPS) is 26.3. The third-order valence-electron chi connectivity index (χ3n) is 14.2. The van der Waals surface area contributed by atoms with E-state index in [2.05, 4.69) is 52.2 Å². The molecule has 0 saturated carbocycles. The van der Waals surface area contributed by atoms with Gasteiger partial charge in [-0.05, 0) is 67.9 Å². The van der Waals surface area contributed by atoms with Crippen LogP contribution < -0.4 is 48.7 Å². The standard InChI is InChI=1S/C50H70N14O10/c1-23(2)17-33-44(68)61-39(25(5)6)46(70)59-34-20-29-28-12-11-26(38(24(3)4)40(47(71)58-33)62-43(67)31-13-14-37(65)55-31)18-32(28)56-41(29)63-21-27(54-22-63)19-35(49(73)74)60-42(66)30(9-7-15-53-50(51)52)57-45(69)36-10-8-16-64(36)48(34)72/h11-12,18,21-25,30-31,33-36,38-40,56H,7-10,13-17,19-20H2,1-6H3,(H,55,65)(H,57,69)(H,58,71)(H,59,70)(H,60,66)(H,61,68)(H,62,67)(H,73,74)(H4,51,52,53). The smallest absolute Gasteiger partial charge is 0.326 e. The molecule has 9 unspecified atom stereocenters. The number of nitrogens with zero attached hydrogens (tertiary/aromatic N) is 4. The summed E-state index contributed by atoms with van der Waals surface area (Å²) in [5.74, 6) is -7.88. The van der Waals surface area contributed by atoms with Gasteiger partial charge in [0.1, 0.15) is 60.5 Å². The fraction of sp³-hybridized carbons (Fsp3) is 0.580. The zero-order valence-electron chi connectivity index (χ0n) is 42.7. The first-order valence-electron chi connectivity index (χ1n) is 25.5. The quantitative estimate of drug-likeness (QED) is 0.0487. The lowest BCUT2D eigenvalue weighted by Crippen LogP contribution is -2.61. The van der Waals surface area contributed by atoms with Crippen molar-refractivity contribution in [1.29, 1.82) is 0 Å². The van der Waals surface area contributed by atoms with Crippen molar-refractivity contribution < 1.29 is 48.3 Å².